The van der Waals surface area contributed by atoms with Gasteiger partial charge in [0.1, 0.15) is 5.75 Å². The third-order valence-corrected chi connectivity index (χ3v) is 7.71. The summed E-state index contributed by atoms with van der Waals surface area (Å²) >= 11 is 1.91. The van der Waals surface area contributed by atoms with Gasteiger partial charge in [0.15, 0.2) is 0 Å². The molecule has 0 N–H and O–H groups in total. The molecule has 0 fully saturated rings. The van der Waals surface area contributed by atoms with Crippen LogP contribution in [0, 0.1) is 0 Å². The first-order chi connectivity index (χ1) is 15.3. The van der Waals surface area contributed by atoms with Crippen molar-refractivity contribution in [1.82, 2.24) is 0 Å². The van der Waals surface area contributed by atoms with E-state index in [1.807, 2.05) is 11.3 Å². The Hall–Kier alpha value is -3.62. The minimum atomic E-state index is 0.893. The van der Waals surface area contributed by atoms with Crippen molar-refractivity contribution in [1.29, 1.82) is 0 Å². The van der Waals surface area contributed by atoms with Crippen molar-refractivity contribution in [2.24, 2.45) is 0 Å². The van der Waals surface area contributed by atoms with Crippen LogP contribution in [0.15, 0.2) is 91.0 Å². The van der Waals surface area contributed by atoms with Crippen LogP contribution in [0.25, 0.3) is 63.3 Å². The molecule has 2 heteroatoms. The largest absolute Gasteiger partial charge is 0.497 e. The Bertz CT molecular complexity index is 1820. The number of rotatable bonds is 1. The third-order valence-electron chi connectivity index (χ3n) is 6.52. The maximum absolute atomic E-state index is 5.58. The highest BCUT2D eigenvalue weighted by Crippen LogP contribution is 2.48. The van der Waals surface area contributed by atoms with E-state index >= 15 is 0 Å². The van der Waals surface area contributed by atoms with Gasteiger partial charge in [-0.3, -0.25) is 0 Å². The summed E-state index contributed by atoms with van der Waals surface area (Å²) in [7, 11) is 1.74. The Morgan fingerprint density at radius 1 is 0.516 bits per heavy atom. The normalized spacial score (nSPS) is 12.0. The molecule has 0 aliphatic rings. The number of thiophene rings is 1. The monoisotopic (exact) mass is 414 g/mol. The van der Waals surface area contributed by atoms with Crippen molar-refractivity contribution in [2.75, 3.05) is 7.11 Å². The highest BCUT2D eigenvalue weighted by atomic mass is 32.1. The average Bonchev–Trinajstić information content (AvgIpc) is 3.23. The van der Waals surface area contributed by atoms with E-state index < -0.39 is 0 Å². The Labute approximate surface area is 183 Å². The van der Waals surface area contributed by atoms with Gasteiger partial charge in [0, 0.05) is 25.6 Å². The molecule has 146 valence electrons. The van der Waals surface area contributed by atoms with Crippen LogP contribution in [0.5, 0.6) is 5.75 Å². The summed E-state index contributed by atoms with van der Waals surface area (Å²) in [6.07, 6.45) is 0. The van der Waals surface area contributed by atoms with E-state index in [1.165, 1.54) is 63.3 Å². The van der Waals surface area contributed by atoms with Gasteiger partial charge in [0.2, 0.25) is 0 Å². The molecule has 7 aromatic rings. The molecule has 7 rings (SSSR count). The van der Waals surface area contributed by atoms with E-state index in [-0.39, 0.29) is 0 Å². The van der Waals surface area contributed by atoms with Crippen molar-refractivity contribution < 1.29 is 4.74 Å². The highest BCUT2D eigenvalue weighted by molar-refractivity contribution is 7.27. The van der Waals surface area contributed by atoms with Crippen molar-refractivity contribution in [2.45, 2.75) is 0 Å². The summed E-state index contributed by atoms with van der Waals surface area (Å²) in [6, 6.07) is 33.0. The number of methoxy groups -OCH3 is 1. The topological polar surface area (TPSA) is 9.23 Å². The van der Waals surface area contributed by atoms with Crippen molar-refractivity contribution in [3.63, 3.8) is 0 Å². The quantitative estimate of drug-likeness (QED) is 0.244. The molecule has 0 saturated heterocycles. The van der Waals surface area contributed by atoms with E-state index in [0.717, 1.165) is 5.75 Å². The molecule has 6 aromatic carbocycles. The maximum Gasteiger partial charge on any atom is 0.119 e. The Morgan fingerprint density at radius 3 is 1.84 bits per heavy atom. The number of hydrogen-bond acceptors (Lipinski definition) is 2. The third kappa shape index (κ3) is 2.20. The number of hydrogen-bond donors (Lipinski definition) is 0. The Morgan fingerprint density at radius 2 is 1.10 bits per heavy atom. The van der Waals surface area contributed by atoms with Crippen LogP contribution >= 0.6 is 11.3 Å². The molecule has 0 amide bonds. The van der Waals surface area contributed by atoms with Crippen molar-refractivity contribution in [3.05, 3.63) is 91.0 Å². The van der Waals surface area contributed by atoms with E-state index in [0.29, 0.717) is 0 Å². The fourth-order valence-corrected chi connectivity index (χ4v) is 6.50. The molecule has 1 heterocycles. The molecule has 31 heavy (non-hydrogen) atoms. The summed E-state index contributed by atoms with van der Waals surface area (Å²) in [5.74, 6) is 0.893. The van der Waals surface area contributed by atoms with Crippen LogP contribution in [0.1, 0.15) is 0 Å². The van der Waals surface area contributed by atoms with Crippen molar-refractivity contribution >= 4 is 74.6 Å². The molecule has 1 aromatic heterocycles. The first-order valence-corrected chi connectivity index (χ1v) is 11.3. The van der Waals surface area contributed by atoms with Crippen LogP contribution in [0.3, 0.4) is 0 Å². The SMILES string of the molecule is COc1ccc2c(c1)c1ccccc1c1c3sc4ccccc4c3c3ccccc3c21. The average molecular weight is 415 g/mol. The van der Waals surface area contributed by atoms with Gasteiger partial charge >= 0.3 is 0 Å². The second-order valence-electron chi connectivity index (χ2n) is 8.06. The van der Waals surface area contributed by atoms with Crippen molar-refractivity contribution in [3.8, 4) is 5.75 Å². The second-order valence-corrected chi connectivity index (χ2v) is 9.11. The fraction of sp³-hybridized carbons (Fsp3) is 0.0345. The lowest BCUT2D eigenvalue weighted by molar-refractivity contribution is 0.415. The molecule has 0 atom stereocenters. The van der Waals surface area contributed by atoms with Gasteiger partial charge in [-0.1, -0.05) is 72.8 Å². The zero-order chi connectivity index (χ0) is 20.5. The second kappa shape index (κ2) is 6.19. The zero-order valence-corrected chi connectivity index (χ0v) is 17.8. The molecule has 0 bridgehead atoms. The van der Waals surface area contributed by atoms with Gasteiger partial charge in [-0.05, 0) is 55.9 Å². The Balaban J connectivity index is 1.92. The predicted octanol–water partition coefficient (Wildman–Crippen LogP) is 8.68. The minimum Gasteiger partial charge on any atom is -0.497 e. The van der Waals surface area contributed by atoms with Crippen LogP contribution < -0.4 is 4.74 Å². The number of benzene rings is 6. The van der Waals surface area contributed by atoms with Gasteiger partial charge in [-0.2, -0.15) is 0 Å². The smallest absolute Gasteiger partial charge is 0.119 e. The summed E-state index contributed by atoms with van der Waals surface area (Å²) < 4.78 is 8.30. The molecule has 0 spiro atoms. The van der Waals surface area contributed by atoms with Crippen LogP contribution in [0.4, 0.5) is 0 Å². The lowest BCUT2D eigenvalue weighted by Gasteiger charge is -2.15. The molecule has 0 radical (unpaired) electrons. The summed E-state index contributed by atoms with van der Waals surface area (Å²) in [6.45, 7) is 0. The van der Waals surface area contributed by atoms with Gasteiger partial charge in [-0.15, -0.1) is 11.3 Å². The predicted molar refractivity (Wildman–Crippen MR) is 136 cm³/mol. The Kier molecular flexibility index (Phi) is 3.42. The lowest BCUT2D eigenvalue weighted by Crippen LogP contribution is -1.88. The molecule has 1 nitrogen and oxygen atoms in total. The summed E-state index contributed by atoms with van der Waals surface area (Å²) in [4.78, 5) is 0. The first-order valence-electron chi connectivity index (χ1n) is 10.5. The van der Waals surface area contributed by atoms with E-state index in [1.54, 1.807) is 7.11 Å². The van der Waals surface area contributed by atoms with Gasteiger partial charge in [0.05, 0.1) is 7.11 Å². The van der Waals surface area contributed by atoms with Gasteiger partial charge < -0.3 is 4.74 Å². The number of ether oxygens (including phenoxy) is 1. The van der Waals surface area contributed by atoms with Crippen LogP contribution in [0.2, 0.25) is 0 Å². The molecule has 0 aliphatic carbocycles. The van der Waals surface area contributed by atoms with Crippen LogP contribution in [-0.2, 0) is 0 Å². The highest BCUT2D eigenvalue weighted by Gasteiger charge is 2.18. The molecule has 0 aliphatic heterocycles. The van der Waals surface area contributed by atoms with Gasteiger partial charge in [0.25, 0.3) is 0 Å². The molecule has 0 unspecified atom stereocenters. The zero-order valence-electron chi connectivity index (χ0n) is 17.0. The summed E-state index contributed by atoms with van der Waals surface area (Å²) in [5, 5.41) is 13.2. The minimum absolute atomic E-state index is 0.893. The van der Waals surface area contributed by atoms with E-state index in [4.69, 9.17) is 4.74 Å². The standard InChI is InChI=1S/C29H18OS/c1-30-17-14-15-22-24(16-17)18-8-2-3-9-19(18)28-26(22)20-10-4-5-11-21(20)27-23-12-6-7-13-25(23)31-29(27)28/h2-16H,1H3. The van der Waals surface area contributed by atoms with Crippen LogP contribution in [-0.4, -0.2) is 7.11 Å². The van der Waals surface area contributed by atoms with E-state index in [9.17, 15) is 0 Å². The number of fused-ring (bicyclic) bond motifs is 13. The maximum atomic E-state index is 5.58. The summed E-state index contributed by atoms with van der Waals surface area (Å²) in [5.41, 5.74) is 0. The molecular weight excluding hydrogens is 396 g/mol. The first kappa shape index (κ1) is 17.1. The lowest BCUT2D eigenvalue weighted by atomic mass is 9.89. The fourth-order valence-electron chi connectivity index (χ4n) is 5.22. The molecular formula is C29H18OS. The molecule has 0 saturated carbocycles. The van der Waals surface area contributed by atoms with E-state index in [2.05, 4.69) is 91.0 Å². The van der Waals surface area contributed by atoms with Gasteiger partial charge in [-0.25, -0.2) is 0 Å².